The lowest BCUT2D eigenvalue weighted by Crippen LogP contribution is -2.26. The van der Waals surface area contributed by atoms with Crippen molar-refractivity contribution in [1.82, 2.24) is 15.0 Å². The summed E-state index contributed by atoms with van der Waals surface area (Å²) in [6, 6.07) is 9.15. The van der Waals surface area contributed by atoms with Crippen LogP contribution >= 0.6 is 15.9 Å². The van der Waals surface area contributed by atoms with Gasteiger partial charge in [0, 0.05) is 28.7 Å². The summed E-state index contributed by atoms with van der Waals surface area (Å²) in [7, 11) is 0. The first-order valence-corrected chi connectivity index (χ1v) is 9.33. The van der Waals surface area contributed by atoms with Crippen molar-refractivity contribution in [3.05, 3.63) is 69.8 Å². The van der Waals surface area contributed by atoms with Gasteiger partial charge in [0.25, 0.3) is 0 Å². The molecule has 0 amide bonds. The summed E-state index contributed by atoms with van der Waals surface area (Å²) in [6.07, 6.45) is -4.48. The highest BCUT2D eigenvalue weighted by molar-refractivity contribution is 9.10. The maximum Gasteiger partial charge on any atom is 0.416 e. The first-order chi connectivity index (χ1) is 13.8. The highest BCUT2D eigenvalue weighted by Gasteiger charge is 2.30. The minimum atomic E-state index is -4.48. The number of alkyl halides is 3. The number of aromatic nitrogens is 2. The zero-order chi connectivity index (χ0) is 21.0. The third-order valence-corrected chi connectivity index (χ3v) is 4.59. The fourth-order valence-electron chi connectivity index (χ4n) is 2.72. The van der Waals surface area contributed by atoms with Gasteiger partial charge in [0.05, 0.1) is 18.7 Å². The Labute approximate surface area is 172 Å². The van der Waals surface area contributed by atoms with E-state index in [-0.39, 0.29) is 43.5 Å². The molecule has 1 N–H and O–H groups in total. The lowest BCUT2D eigenvalue weighted by Gasteiger charge is -2.19. The normalized spacial score (nSPS) is 12.0. The van der Waals surface area contributed by atoms with Crippen molar-refractivity contribution in [2.45, 2.75) is 19.3 Å². The van der Waals surface area contributed by atoms with E-state index < -0.39 is 17.6 Å². The van der Waals surface area contributed by atoms with Crippen molar-refractivity contribution < 1.29 is 27.2 Å². The van der Waals surface area contributed by atoms with E-state index in [2.05, 4.69) is 26.1 Å². The topological polar surface area (TPSA) is 62.4 Å². The van der Waals surface area contributed by atoms with E-state index in [0.717, 1.165) is 12.1 Å². The zero-order valence-corrected chi connectivity index (χ0v) is 16.5. The SMILES string of the molecule is OCCN(Cc1nc(-c2cccc(C(F)(F)F)c2)no1)Cc1cc(Br)ccc1F. The summed E-state index contributed by atoms with van der Waals surface area (Å²) < 4.78 is 58.5. The smallest absolute Gasteiger partial charge is 0.395 e. The first-order valence-electron chi connectivity index (χ1n) is 8.53. The second kappa shape index (κ2) is 9.02. The Morgan fingerprint density at radius 2 is 1.90 bits per heavy atom. The molecule has 0 aliphatic rings. The molecule has 10 heteroatoms. The summed E-state index contributed by atoms with van der Waals surface area (Å²) in [6.45, 7) is 0.309. The molecule has 3 rings (SSSR count). The summed E-state index contributed by atoms with van der Waals surface area (Å²) in [5.74, 6) is -0.240. The first kappa shape index (κ1) is 21.4. The van der Waals surface area contributed by atoms with Crippen LogP contribution in [0.1, 0.15) is 17.0 Å². The maximum atomic E-state index is 14.0. The Morgan fingerprint density at radius 3 is 2.62 bits per heavy atom. The van der Waals surface area contributed by atoms with Gasteiger partial charge in [-0.25, -0.2) is 4.39 Å². The molecule has 0 atom stereocenters. The molecule has 0 saturated heterocycles. The molecule has 29 heavy (non-hydrogen) atoms. The molecular weight excluding hydrogens is 458 g/mol. The largest absolute Gasteiger partial charge is 0.416 e. The Bertz CT molecular complexity index is 978. The quantitative estimate of drug-likeness (QED) is 0.506. The van der Waals surface area contributed by atoms with Gasteiger partial charge < -0.3 is 9.63 Å². The molecule has 154 valence electrons. The van der Waals surface area contributed by atoms with Gasteiger partial charge in [0.1, 0.15) is 5.82 Å². The molecule has 0 bridgehead atoms. The number of halogens is 5. The number of hydrogen-bond acceptors (Lipinski definition) is 5. The van der Waals surface area contributed by atoms with Crippen LogP contribution in [0.5, 0.6) is 0 Å². The molecule has 0 fully saturated rings. The highest BCUT2D eigenvalue weighted by Crippen LogP contribution is 2.31. The average molecular weight is 474 g/mol. The predicted octanol–water partition coefficient (Wildman–Crippen LogP) is 4.65. The van der Waals surface area contributed by atoms with Crippen LogP contribution in [0.25, 0.3) is 11.4 Å². The van der Waals surface area contributed by atoms with Crippen LogP contribution in [0.4, 0.5) is 17.6 Å². The maximum absolute atomic E-state index is 14.0. The van der Waals surface area contributed by atoms with E-state index >= 15 is 0 Å². The number of benzene rings is 2. The van der Waals surface area contributed by atoms with Gasteiger partial charge in [-0.05, 0) is 30.3 Å². The van der Waals surface area contributed by atoms with Crippen LogP contribution in [0.15, 0.2) is 51.5 Å². The lowest BCUT2D eigenvalue weighted by molar-refractivity contribution is -0.137. The van der Waals surface area contributed by atoms with Crippen LogP contribution in [0.2, 0.25) is 0 Å². The van der Waals surface area contributed by atoms with Crippen LogP contribution < -0.4 is 0 Å². The standard InChI is InChI=1S/C19H16BrF4N3O2/c20-15-4-5-16(21)13(9-15)10-27(6-7-28)11-17-25-18(26-29-17)12-2-1-3-14(8-12)19(22,23)24/h1-5,8-9,28H,6-7,10-11H2. The molecular formula is C19H16BrF4N3O2. The van der Waals surface area contributed by atoms with E-state index in [4.69, 9.17) is 4.52 Å². The third-order valence-electron chi connectivity index (χ3n) is 4.09. The number of hydrogen-bond donors (Lipinski definition) is 1. The highest BCUT2D eigenvalue weighted by atomic mass is 79.9. The fourth-order valence-corrected chi connectivity index (χ4v) is 3.13. The van der Waals surface area contributed by atoms with E-state index in [0.29, 0.717) is 10.0 Å². The molecule has 3 aromatic rings. The van der Waals surface area contributed by atoms with Crippen LogP contribution in [0.3, 0.4) is 0 Å². The second-order valence-electron chi connectivity index (χ2n) is 6.26. The number of nitrogens with zero attached hydrogens (tertiary/aromatic N) is 3. The van der Waals surface area contributed by atoms with Gasteiger partial charge in [0.15, 0.2) is 0 Å². The van der Waals surface area contributed by atoms with Gasteiger partial charge in [0.2, 0.25) is 11.7 Å². The molecule has 0 aliphatic heterocycles. The minimum Gasteiger partial charge on any atom is -0.395 e. The molecule has 5 nitrogen and oxygen atoms in total. The van der Waals surface area contributed by atoms with Crippen molar-refractivity contribution in [2.75, 3.05) is 13.2 Å². The molecule has 0 spiro atoms. The molecule has 0 aliphatic carbocycles. The van der Waals surface area contributed by atoms with Gasteiger partial charge in [-0.3, -0.25) is 4.90 Å². The van der Waals surface area contributed by atoms with Crippen molar-refractivity contribution >= 4 is 15.9 Å². The van der Waals surface area contributed by atoms with E-state index in [1.807, 2.05) is 0 Å². The molecule has 1 heterocycles. The Kier molecular flexibility index (Phi) is 6.66. The number of aliphatic hydroxyl groups is 1. The van der Waals surface area contributed by atoms with Crippen LogP contribution in [0, 0.1) is 5.82 Å². The van der Waals surface area contributed by atoms with Gasteiger partial charge >= 0.3 is 6.18 Å². The van der Waals surface area contributed by atoms with Crippen molar-refractivity contribution in [3.8, 4) is 11.4 Å². The number of aliphatic hydroxyl groups excluding tert-OH is 1. The predicted molar refractivity (Wildman–Crippen MR) is 100 cm³/mol. The van der Waals surface area contributed by atoms with Crippen LogP contribution in [-0.4, -0.2) is 33.3 Å². The fraction of sp³-hybridized carbons (Fsp3) is 0.263. The molecule has 0 radical (unpaired) electrons. The molecule has 1 aromatic heterocycles. The van der Waals surface area contributed by atoms with Gasteiger partial charge in [-0.15, -0.1) is 0 Å². The zero-order valence-electron chi connectivity index (χ0n) is 15.0. The Morgan fingerprint density at radius 1 is 1.10 bits per heavy atom. The molecule has 0 unspecified atom stereocenters. The monoisotopic (exact) mass is 473 g/mol. The Balaban J connectivity index is 1.77. The van der Waals surface area contributed by atoms with Crippen LogP contribution in [-0.2, 0) is 19.3 Å². The third kappa shape index (κ3) is 5.62. The van der Waals surface area contributed by atoms with E-state index in [9.17, 15) is 22.7 Å². The lowest BCUT2D eigenvalue weighted by atomic mass is 10.1. The van der Waals surface area contributed by atoms with Crippen molar-refractivity contribution in [2.24, 2.45) is 0 Å². The Hall–Kier alpha value is -2.30. The summed E-state index contributed by atoms with van der Waals surface area (Å²) in [5, 5.41) is 13.0. The number of rotatable bonds is 7. The van der Waals surface area contributed by atoms with Crippen molar-refractivity contribution in [1.29, 1.82) is 0 Å². The van der Waals surface area contributed by atoms with Gasteiger partial charge in [-0.2, -0.15) is 18.2 Å². The summed E-state index contributed by atoms with van der Waals surface area (Å²) in [4.78, 5) is 5.82. The van der Waals surface area contributed by atoms with E-state index in [1.54, 1.807) is 17.0 Å². The summed E-state index contributed by atoms with van der Waals surface area (Å²) >= 11 is 3.29. The average Bonchev–Trinajstić information content (AvgIpc) is 3.13. The van der Waals surface area contributed by atoms with E-state index in [1.165, 1.54) is 18.2 Å². The molecule has 2 aromatic carbocycles. The summed E-state index contributed by atoms with van der Waals surface area (Å²) in [5.41, 5.74) is -0.236. The van der Waals surface area contributed by atoms with Crippen molar-refractivity contribution in [3.63, 3.8) is 0 Å². The second-order valence-corrected chi connectivity index (χ2v) is 7.18. The van der Waals surface area contributed by atoms with Gasteiger partial charge in [-0.1, -0.05) is 33.2 Å². The molecule has 0 saturated carbocycles. The minimum absolute atomic E-state index is 0.0173.